The Labute approximate surface area is 225 Å². The van der Waals surface area contributed by atoms with Gasteiger partial charge >= 0.3 is 0 Å². The van der Waals surface area contributed by atoms with Gasteiger partial charge in [0.2, 0.25) is 11.8 Å². The van der Waals surface area contributed by atoms with Crippen LogP contribution in [0.2, 0.25) is 0 Å². The first-order valence-corrected chi connectivity index (χ1v) is 15.2. The number of carbonyl (C=O) groups excluding carboxylic acids is 2. The van der Waals surface area contributed by atoms with Crippen LogP contribution in [-0.4, -0.2) is 79.8 Å². The van der Waals surface area contributed by atoms with Gasteiger partial charge in [0.1, 0.15) is 6.61 Å². The molecule has 4 atom stereocenters. The zero-order chi connectivity index (χ0) is 26.2. The van der Waals surface area contributed by atoms with Crippen LogP contribution in [0.1, 0.15) is 85.0 Å². The summed E-state index contributed by atoms with van der Waals surface area (Å²) in [5.41, 5.74) is 1.31. The van der Waals surface area contributed by atoms with Gasteiger partial charge < -0.3 is 20.3 Å². The lowest BCUT2D eigenvalue weighted by atomic mass is 9.69. The molecule has 0 spiro atoms. The first-order valence-electron chi connectivity index (χ1n) is 15.2. The molecule has 37 heavy (non-hydrogen) atoms. The predicted molar refractivity (Wildman–Crippen MR) is 148 cm³/mol. The lowest BCUT2D eigenvalue weighted by molar-refractivity contribution is -0.134. The number of ether oxygens (including phenoxy) is 1. The minimum Gasteiger partial charge on any atom is -0.368 e. The highest BCUT2D eigenvalue weighted by molar-refractivity contribution is 5.77. The van der Waals surface area contributed by atoms with Crippen LogP contribution in [0.25, 0.3) is 0 Å². The third-order valence-corrected chi connectivity index (χ3v) is 9.43. The van der Waals surface area contributed by atoms with Crippen molar-refractivity contribution in [3.63, 3.8) is 0 Å². The van der Waals surface area contributed by atoms with Gasteiger partial charge in [-0.25, -0.2) is 0 Å². The highest BCUT2D eigenvalue weighted by Gasteiger charge is 2.34. The molecule has 2 aliphatic heterocycles. The maximum atomic E-state index is 13.3. The molecule has 0 aromatic heterocycles. The van der Waals surface area contributed by atoms with E-state index in [4.69, 9.17) is 4.74 Å². The maximum Gasteiger partial charge on any atom is 0.246 e. The molecule has 2 aliphatic carbocycles. The SMILES string of the molecule is CC1=C[C@@H](CNC(=O)COC2CCCCC2)[C@H](C(C)C)C[C@H]1CC(=O)N1CCN(C2CCCCN2)CC1. The Balaban J connectivity index is 1.23. The summed E-state index contributed by atoms with van der Waals surface area (Å²) < 4.78 is 5.86. The molecular formula is C30H52N4O3. The number of nitrogens with one attached hydrogen (secondary N) is 2. The Hall–Kier alpha value is -1.44. The van der Waals surface area contributed by atoms with Gasteiger partial charge in [-0.3, -0.25) is 14.5 Å². The number of rotatable bonds is 9. The quantitative estimate of drug-likeness (QED) is 0.454. The summed E-state index contributed by atoms with van der Waals surface area (Å²) in [5, 5.41) is 6.79. The molecule has 4 aliphatic rings. The summed E-state index contributed by atoms with van der Waals surface area (Å²) in [4.78, 5) is 30.4. The van der Waals surface area contributed by atoms with Crippen LogP contribution in [0.15, 0.2) is 11.6 Å². The van der Waals surface area contributed by atoms with E-state index in [1.165, 1.54) is 44.1 Å². The Kier molecular flexibility index (Phi) is 10.9. The molecule has 7 heteroatoms. The van der Waals surface area contributed by atoms with Crippen LogP contribution in [-0.2, 0) is 14.3 Å². The van der Waals surface area contributed by atoms with Crippen molar-refractivity contribution in [3.8, 4) is 0 Å². The summed E-state index contributed by atoms with van der Waals surface area (Å²) in [6.45, 7) is 12.3. The smallest absolute Gasteiger partial charge is 0.246 e. The fourth-order valence-electron chi connectivity index (χ4n) is 6.98. The van der Waals surface area contributed by atoms with Crippen molar-refractivity contribution in [2.75, 3.05) is 45.9 Å². The summed E-state index contributed by atoms with van der Waals surface area (Å²) in [6.07, 6.45) is 14.4. The second-order valence-corrected chi connectivity index (χ2v) is 12.4. The summed E-state index contributed by atoms with van der Waals surface area (Å²) >= 11 is 0. The second-order valence-electron chi connectivity index (χ2n) is 12.4. The molecule has 2 amide bonds. The van der Waals surface area contributed by atoms with Crippen LogP contribution < -0.4 is 10.6 Å². The topological polar surface area (TPSA) is 73.9 Å². The van der Waals surface area contributed by atoms with Crippen molar-refractivity contribution in [3.05, 3.63) is 11.6 Å². The van der Waals surface area contributed by atoms with E-state index in [9.17, 15) is 9.59 Å². The summed E-state index contributed by atoms with van der Waals surface area (Å²) in [6, 6.07) is 0. The number of carbonyl (C=O) groups is 2. The van der Waals surface area contributed by atoms with Gasteiger partial charge in [0.25, 0.3) is 0 Å². The molecule has 0 radical (unpaired) electrons. The first-order chi connectivity index (χ1) is 17.9. The molecule has 4 rings (SSSR count). The Bertz CT molecular complexity index is 765. The molecule has 0 aromatic rings. The minimum absolute atomic E-state index is 0.000923. The molecule has 2 heterocycles. The molecular weight excluding hydrogens is 464 g/mol. The Morgan fingerprint density at radius 2 is 1.78 bits per heavy atom. The van der Waals surface area contributed by atoms with E-state index in [0.717, 1.165) is 52.0 Å². The third-order valence-electron chi connectivity index (χ3n) is 9.43. The van der Waals surface area contributed by atoms with Gasteiger partial charge in [0.15, 0.2) is 0 Å². The number of piperidine rings is 1. The largest absolute Gasteiger partial charge is 0.368 e. The molecule has 0 aromatic carbocycles. The highest BCUT2D eigenvalue weighted by Crippen LogP contribution is 2.39. The monoisotopic (exact) mass is 516 g/mol. The van der Waals surface area contributed by atoms with Crippen LogP contribution in [0.5, 0.6) is 0 Å². The molecule has 0 bridgehead atoms. The average Bonchev–Trinajstić information content (AvgIpc) is 2.93. The van der Waals surface area contributed by atoms with Crippen molar-refractivity contribution in [1.29, 1.82) is 0 Å². The highest BCUT2D eigenvalue weighted by atomic mass is 16.5. The van der Waals surface area contributed by atoms with Crippen LogP contribution in [0.4, 0.5) is 0 Å². The van der Waals surface area contributed by atoms with Gasteiger partial charge in [0, 0.05) is 39.1 Å². The molecule has 210 valence electrons. The van der Waals surface area contributed by atoms with Crippen molar-refractivity contribution < 1.29 is 14.3 Å². The van der Waals surface area contributed by atoms with Gasteiger partial charge in [0.05, 0.1) is 12.3 Å². The van der Waals surface area contributed by atoms with Gasteiger partial charge in [-0.15, -0.1) is 0 Å². The van der Waals surface area contributed by atoms with Crippen molar-refractivity contribution in [2.45, 2.75) is 97.2 Å². The fourth-order valence-corrected chi connectivity index (χ4v) is 6.98. The van der Waals surface area contributed by atoms with E-state index >= 15 is 0 Å². The van der Waals surface area contributed by atoms with E-state index in [2.05, 4.69) is 47.3 Å². The molecule has 2 N–H and O–H groups in total. The average molecular weight is 517 g/mol. The lowest BCUT2D eigenvalue weighted by Gasteiger charge is -2.42. The number of hydrogen-bond acceptors (Lipinski definition) is 5. The number of allylic oxidation sites excluding steroid dienone is 1. The van der Waals surface area contributed by atoms with Crippen LogP contribution in [0.3, 0.4) is 0 Å². The zero-order valence-electron chi connectivity index (χ0n) is 23.7. The fraction of sp³-hybridized carbons (Fsp3) is 0.867. The van der Waals surface area contributed by atoms with Crippen molar-refractivity contribution >= 4 is 11.8 Å². The van der Waals surface area contributed by atoms with Crippen LogP contribution in [0, 0.1) is 23.7 Å². The molecule has 7 nitrogen and oxygen atoms in total. The molecule has 3 fully saturated rings. The van der Waals surface area contributed by atoms with Gasteiger partial charge in [-0.05, 0) is 75.7 Å². The normalized spacial score (nSPS) is 30.3. The van der Waals surface area contributed by atoms with E-state index in [1.807, 2.05) is 0 Å². The van der Waals surface area contributed by atoms with E-state index < -0.39 is 0 Å². The van der Waals surface area contributed by atoms with E-state index in [1.54, 1.807) is 0 Å². The third kappa shape index (κ3) is 8.27. The van der Waals surface area contributed by atoms with Crippen molar-refractivity contribution in [1.82, 2.24) is 20.4 Å². The predicted octanol–water partition coefficient (Wildman–Crippen LogP) is 3.94. The van der Waals surface area contributed by atoms with E-state index in [-0.39, 0.29) is 18.6 Å². The number of amides is 2. The number of hydrogen-bond donors (Lipinski definition) is 2. The van der Waals surface area contributed by atoms with E-state index in [0.29, 0.717) is 48.7 Å². The second kappa shape index (κ2) is 14.1. The van der Waals surface area contributed by atoms with Crippen LogP contribution >= 0.6 is 0 Å². The molecule has 1 unspecified atom stereocenters. The maximum absolute atomic E-state index is 13.3. The molecule has 1 saturated carbocycles. The standard InChI is InChI=1S/C30H52N4O3/c1-22(2)27-18-24(19-30(36)34-15-13-33(14-16-34)28-11-7-8-12-31-28)23(3)17-25(27)20-32-29(35)21-37-26-9-5-4-6-10-26/h17,22,24-28,31H,4-16,18-21H2,1-3H3,(H,32,35)/t24-,25-,27-,28?/m0/s1. The zero-order valence-corrected chi connectivity index (χ0v) is 23.7. The summed E-state index contributed by atoms with van der Waals surface area (Å²) in [7, 11) is 0. The Morgan fingerprint density at radius 3 is 2.46 bits per heavy atom. The first kappa shape index (κ1) is 28.6. The van der Waals surface area contributed by atoms with Crippen molar-refractivity contribution in [2.24, 2.45) is 23.7 Å². The van der Waals surface area contributed by atoms with Gasteiger partial charge in [-0.1, -0.05) is 44.8 Å². The van der Waals surface area contributed by atoms with Gasteiger partial charge in [-0.2, -0.15) is 0 Å². The number of nitrogens with zero attached hydrogens (tertiary/aromatic N) is 2. The molecule has 2 saturated heterocycles. The Morgan fingerprint density at radius 1 is 1.05 bits per heavy atom. The summed E-state index contributed by atoms with van der Waals surface area (Å²) in [5.74, 6) is 1.90. The minimum atomic E-state index is -0.000923. The number of piperazine rings is 1. The lowest BCUT2D eigenvalue weighted by Crippen LogP contribution is -2.57.